The number of rotatable bonds is 1. The first-order chi connectivity index (χ1) is 17.5. The van der Waals surface area contributed by atoms with Gasteiger partial charge in [0.25, 0.3) is 0 Å². The van der Waals surface area contributed by atoms with Gasteiger partial charge in [0.15, 0.2) is 0 Å². The van der Waals surface area contributed by atoms with E-state index in [0.717, 1.165) is 0 Å². The molecule has 4 aromatic carbocycles. The number of hydrogen-bond donors (Lipinski definition) is 0. The number of aromatic nitrogens is 1. The largest absolute Gasteiger partial charge is 0.315 e. The van der Waals surface area contributed by atoms with Gasteiger partial charge in [0.05, 0.1) is 0 Å². The molecule has 1 aliphatic carbocycles. The number of fused-ring (bicyclic) bond motifs is 5. The molecule has 36 heavy (non-hydrogen) atoms. The van der Waals surface area contributed by atoms with Gasteiger partial charge >= 0.3 is 0 Å². The summed E-state index contributed by atoms with van der Waals surface area (Å²) in [5.41, 5.74) is 16.4. The third-order valence-electron chi connectivity index (χ3n) is 9.03. The number of anilines is 2. The Kier molecular flexibility index (Phi) is 3.72. The Labute approximate surface area is 212 Å². The molecule has 2 nitrogen and oxygen atoms in total. The lowest BCUT2D eigenvalue weighted by molar-refractivity contribution is 0.666. The normalized spacial score (nSPS) is 16.3. The fourth-order valence-electron chi connectivity index (χ4n) is 7.39. The Bertz CT molecular complexity index is 1790. The Morgan fingerprint density at radius 1 is 0.722 bits per heavy atom. The van der Waals surface area contributed by atoms with E-state index in [1.54, 1.807) is 0 Å². The summed E-state index contributed by atoms with van der Waals surface area (Å²) in [4.78, 5) is 2.54. The Morgan fingerprint density at radius 3 is 2.28 bits per heavy atom. The van der Waals surface area contributed by atoms with E-state index in [1.807, 2.05) is 0 Å². The minimum atomic E-state index is -0.0879. The summed E-state index contributed by atoms with van der Waals surface area (Å²) in [5, 5.41) is 1.38. The predicted octanol–water partition coefficient (Wildman–Crippen LogP) is 6.56. The van der Waals surface area contributed by atoms with Crippen LogP contribution in [-0.2, 0) is 5.41 Å². The molecule has 0 spiro atoms. The Balaban J connectivity index is 1.59. The van der Waals surface area contributed by atoms with Crippen LogP contribution in [0.3, 0.4) is 0 Å². The van der Waals surface area contributed by atoms with Crippen molar-refractivity contribution in [1.82, 2.24) is 4.57 Å². The van der Waals surface area contributed by atoms with E-state index < -0.39 is 0 Å². The molecule has 0 unspecified atom stereocenters. The minimum Gasteiger partial charge on any atom is -0.315 e. The average molecular weight is 462 g/mol. The van der Waals surface area contributed by atoms with Gasteiger partial charge in [-0.1, -0.05) is 86.0 Å². The average Bonchev–Trinajstić information content (AvgIpc) is 3.30. The molecule has 1 aromatic heterocycles. The lowest BCUT2D eigenvalue weighted by Gasteiger charge is -2.42. The quantitative estimate of drug-likeness (QED) is 0.256. The van der Waals surface area contributed by atoms with Gasteiger partial charge in [-0.3, -0.25) is 0 Å². The van der Waals surface area contributed by atoms with Crippen molar-refractivity contribution in [2.75, 3.05) is 4.90 Å². The highest BCUT2D eigenvalue weighted by Gasteiger charge is 2.51. The monoisotopic (exact) mass is 462 g/mol. The second-order valence-corrected chi connectivity index (χ2v) is 11.0. The van der Waals surface area contributed by atoms with Crippen molar-refractivity contribution >= 4 is 45.6 Å². The molecule has 172 valence electrons. The van der Waals surface area contributed by atoms with Crippen molar-refractivity contribution < 1.29 is 0 Å². The number of nitrogens with zero attached hydrogens (tertiary/aromatic N) is 2. The first-order valence-corrected chi connectivity index (χ1v) is 12.9. The Hall–Kier alpha value is -3.98. The van der Waals surface area contributed by atoms with E-state index in [1.165, 1.54) is 72.4 Å². The molecule has 0 saturated heterocycles. The maximum absolute atomic E-state index is 2.54. The first kappa shape index (κ1) is 20.2. The van der Waals surface area contributed by atoms with Crippen molar-refractivity contribution in [2.45, 2.75) is 33.1 Å². The van der Waals surface area contributed by atoms with E-state index in [2.05, 4.69) is 128 Å². The molecular weight excluding hydrogens is 435 g/mol. The van der Waals surface area contributed by atoms with Crippen LogP contribution in [0.1, 0.15) is 36.2 Å². The van der Waals surface area contributed by atoms with E-state index in [0.29, 0.717) is 0 Å². The molecule has 3 heteroatoms. The third kappa shape index (κ3) is 2.21. The number of allylic oxidation sites excluding steroid dienone is 1. The number of hydrogen-bond acceptors (Lipinski definition) is 1. The SMILES string of the molecule is Cc1c(C)n2c3c(cccc13)B1C3=C(c4ccccc4C3(C)C)N(c3ccccc3)c3cccc-2c31. The van der Waals surface area contributed by atoms with Crippen LogP contribution in [0.5, 0.6) is 0 Å². The second kappa shape index (κ2) is 6.61. The van der Waals surface area contributed by atoms with Crippen LogP contribution in [0, 0.1) is 13.8 Å². The molecule has 0 bridgehead atoms. The van der Waals surface area contributed by atoms with Gasteiger partial charge in [0.2, 0.25) is 6.71 Å². The van der Waals surface area contributed by atoms with Gasteiger partial charge in [0.1, 0.15) is 0 Å². The van der Waals surface area contributed by atoms with Crippen LogP contribution in [0.15, 0.2) is 96.5 Å². The first-order valence-electron chi connectivity index (χ1n) is 12.9. The van der Waals surface area contributed by atoms with Crippen molar-refractivity contribution in [2.24, 2.45) is 0 Å². The van der Waals surface area contributed by atoms with Crippen LogP contribution in [0.2, 0.25) is 0 Å². The molecule has 3 heterocycles. The zero-order valence-electron chi connectivity index (χ0n) is 21.1. The standard InChI is InChI=1S/C33H27BN2/c1-20-21(2)35-27-18-11-19-28-29(27)34(26-17-10-15-23(20)30(26)35)32-31(36(28)22-12-6-5-7-13-22)24-14-8-9-16-25(24)33(32,3)4/h5-19H,1-4H3. The van der Waals surface area contributed by atoms with Gasteiger partial charge in [-0.05, 0) is 60.2 Å². The van der Waals surface area contributed by atoms with Crippen LogP contribution < -0.4 is 15.8 Å². The molecular formula is C33H27BN2. The van der Waals surface area contributed by atoms with E-state index in [4.69, 9.17) is 0 Å². The smallest absolute Gasteiger partial charge is 0.248 e. The molecule has 2 aliphatic heterocycles. The fraction of sp³-hybridized carbons (Fsp3) is 0.152. The van der Waals surface area contributed by atoms with Crippen LogP contribution >= 0.6 is 0 Å². The minimum absolute atomic E-state index is 0.0879. The second-order valence-electron chi connectivity index (χ2n) is 11.0. The molecule has 0 fully saturated rings. The summed E-state index contributed by atoms with van der Waals surface area (Å²) in [6, 6.07) is 33.8. The summed E-state index contributed by atoms with van der Waals surface area (Å²) >= 11 is 0. The summed E-state index contributed by atoms with van der Waals surface area (Å²) < 4.78 is 2.53. The maximum Gasteiger partial charge on any atom is 0.248 e. The fourth-order valence-corrected chi connectivity index (χ4v) is 7.39. The highest BCUT2D eigenvalue weighted by atomic mass is 15.2. The topological polar surface area (TPSA) is 8.17 Å². The maximum atomic E-state index is 2.54. The highest BCUT2D eigenvalue weighted by molar-refractivity contribution is 6.96. The highest BCUT2D eigenvalue weighted by Crippen LogP contribution is 2.54. The number of benzene rings is 4. The zero-order chi connectivity index (χ0) is 24.3. The Morgan fingerprint density at radius 2 is 1.44 bits per heavy atom. The van der Waals surface area contributed by atoms with E-state index in [9.17, 15) is 0 Å². The van der Waals surface area contributed by atoms with E-state index in [-0.39, 0.29) is 12.1 Å². The van der Waals surface area contributed by atoms with Crippen molar-refractivity contribution in [3.05, 3.63) is 119 Å². The van der Waals surface area contributed by atoms with Crippen molar-refractivity contribution in [3.63, 3.8) is 0 Å². The molecule has 3 aliphatic rings. The van der Waals surface area contributed by atoms with Gasteiger partial charge in [-0.15, -0.1) is 0 Å². The van der Waals surface area contributed by atoms with Crippen LogP contribution in [-0.4, -0.2) is 11.3 Å². The summed E-state index contributed by atoms with van der Waals surface area (Å²) in [7, 11) is 0. The van der Waals surface area contributed by atoms with Gasteiger partial charge < -0.3 is 9.47 Å². The lowest BCUT2D eigenvalue weighted by atomic mass is 9.30. The number of para-hydroxylation sites is 2. The summed E-state index contributed by atoms with van der Waals surface area (Å²) in [6.07, 6.45) is 0. The van der Waals surface area contributed by atoms with Gasteiger partial charge in [0, 0.05) is 50.3 Å². The zero-order valence-corrected chi connectivity index (χ0v) is 21.1. The van der Waals surface area contributed by atoms with Crippen molar-refractivity contribution in [3.8, 4) is 5.69 Å². The molecule has 0 saturated carbocycles. The molecule has 0 N–H and O–H groups in total. The van der Waals surface area contributed by atoms with Crippen LogP contribution in [0.25, 0.3) is 22.3 Å². The van der Waals surface area contributed by atoms with Gasteiger partial charge in [-0.25, -0.2) is 0 Å². The van der Waals surface area contributed by atoms with Gasteiger partial charge in [-0.2, -0.15) is 0 Å². The molecule has 8 rings (SSSR count). The molecule has 5 aromatic rings. The van der Waals surface area contributed by atoms with Crippen molar-refractivity contribution in [1.29, 1.82) is 0 Å². The van der Waals surface area contributed by atoms with E-state index >= 15 is 0 Å². The lowest BCUT2D eigenvalue weighted by Crippen LogP contribution is -2.56. The summed E-state index contributed by atoms with van der Waals surface area (Å²) in [6.45, 7) is 9.62. The molecule has 0 atom stereocenters. The molecule has 0 amide bonds. The third-order valence-corrected chi connectivity index (χ3v) is 9.03. The predicted molar refractivity (Wildman–Crippen MR) is 153 cm³/mol. The summed E-state index contributed by atoms with van der Waals surface area (Å²) in [5.74, 6) is 0. The van der Waals surface area contributed by atoms with Crippen LogP contribution in [0.4, 0.5) is 11.4 Å². The molecule has 0 radical (unpaired) electrons. The number of aryl methyl sites for hydroxylation is 1.